The molecule has 3 aromatic carbocycles. The van der Waals surface area contributed by atoms with Crippen LogP contribution in [0.3, 0.4) is 0 Å². The molecule has 2 heterocycles. The van der Waals surface area contributed by atoms with Gasteiger partial charge in [-0.15, -0.1) is 64.7 Å². The molecule has 0 aliphatic heterocycles. The normalized spacial score (nSPS) is 13.4. The third-order valence-corrected chi connectivity index (χ3v) is 9.74. The molecule has 257 valence electrons. The van der Waals surface area contributed by atoms with Crippen LogP contribution >= 0.6 is 0 Å². The molecule has 1 radical (unpaired) electrons. The maximum absolute atomic E-state index is 4.74. The summed E-state index contributed by atoms with van der Waals surface area (Å²) in [5.41, 5.74) is 16.2. The number of aromatic nitrogens is 2. The van der Waals surface area contributed by atoms with Crippen LogP contribution in [0.25, 0.3) is 39.7 Å². The van der Waals surface area contributed by atoms with Crippen LogP contribution < -0.4 is 0 Å². The van der Waals surface area contributed by atoms with Gasteiger partial charge in [0, 0.05) is 32.5 Å². The van der Waals surface area contributed by atoms with Crippen molar-refractivity contribution in [1.29, 1.82) is 0 Å². The van der Waals surface area contributed by atoms with Crippen molar-refractivity contribution < 1.29 is 20.1 Å². The Morgan fingerprint density at radius 2 is 1.31 bits per heavy atom. The average Bonchev–Trinajstić information content (AvgIpc) is 3.26. The predicted octanol–water partition coefficient (Wildman–Crippen LogP) is 12.2. The first-order chi connectivity index (χ1) is 22.3. The van der Waals surface area contributed by atoms with Crippen LogP contribution in [0.2, 0.25) is 0 Å². The molecule has 0 spiro atoms. The largest absolute Gasteiger partial charge is 0.305 e. The number of fused-ring (bicyclic) bond motifs is 3. The van der Waals surface area contributed by atoms with Gasteiger partial charge < -0.3 is 9.97 Å². The van der Waals surface area contributed by atoms with Crippen LogP contribution in [0.5, 0.6) is 0 Å². The van der Waals surface area contributed by atoms with Crippen LogP contribution in [0.4, 0.5) is 0 Å². The zero-order chi connectivity index (χ0) is 35.2. The van der Waals surface area contributed by atoms with Crippen molar-refractivity contribution in [2.45, 2.75) is 105 Å². The SMILES string of the molecule is C=Cc1ccc2c(c1C)C(C)(C)c1cc(-c3ccc(C(C)(C)C)cn3)[c-]cc1-2.CC(C)(C)c1cc[c-]c(-c2cc(C(C)(C)C)ccn2)c1.[Ir]. The molecular formula is C46H52IrN2-2. The minimum absolute atomic E-state index is 0. The number of hydrogen-bond donors (Lipinski definition) is 0. The van der Waals surface area contributed by atoms with E-state index < -0.39 is 0 Å². The van der Waals surface area contributed by atoms with Crippen molar-refractivity contribution in [3.8, 4) is 33.6 Å². The summed E-state index contributed by atoms with van der Waals surface area (Å²) in [5.74, 6) is 0. The molecule has 0 atom stereocenters. The van der Waals surface area contributed by atoms with Gasteiger partial charge in [-0.3, -0.25) is 0 Å². The number of rotatable bonds is 3. The van der Waals surface area contributed by atoms with Gasteiger partial charge in [0.1, 0.15) is 0 Å². The predicted molar refractivity (Wildman–Crippen MR) is 206 cm³/mol. The fraction of sp³-hybridized carbons (Fsp3) is 0.348. The van der Waals surface area contributed by atoms with Crippen LogP contribution in [0, 0.1) is 19.1 Å². The molecule has 49 heavy (non-hydrogen) atoms. The maximum atomic E-state index is 4.74. The number of nitrogens with zero attached hydrogens (tertiary/aromatic N) is 2. The van der Waals surface area contributed by atoms with Gasteiger partial charge in [-0.2, -0.15) is 0 Å². The first kappa shape index (κ1) is 38.2. The molecule has 1 aliphatic rings. The molecule has 0 saturated carbocycles. The Morgan fingerprint density at radius 1 is 0.673 bits per heavy atom. The zero-order valence-electron chi connectivity index (χ0n) is 31.5. The summed E-state index contributed by atoms with van der Waals surface area (Å²) in [6.07, 6.45) is 5.84. The standard InChI is InChI=1S/C27H28N.C19H24N.Ir/c1-8-18-9-13-22-21-12-10-19(15-23(21)27(6,7)25(22)17(18)2)24-14-11-20(16-28-24)26(3,4)5;1-18(2,3)15-9-7-8-14(12-15)17-13-16(10-11-20-17)19(4,5)6;/h8-9,11-16H,1H2,2-7H3;7,9-13H,1-6H3;/q2*-1;. The van der Waals surface area contributed by atoms with Gasteiger partial charge in [-0.1, -0.05) is 130 Å². The summed E-state index contributed by atoms with van der Waals surface area (Å²) in [5, 5.41) is 0. The molecule has 6 rings (SSSR count). The molecule has 2 aromatic heterocycles. The van der Waals surface area contributed by atoms with Gasteiger partial charge in [0.05, 0.1) is 0 Å². The molecule has 3 heteroatoms. The minimum Gasteiger partial charge on any atom is -0.305 e. The smallest absolute Gasteiger partial charge is 0.0198 e. The second kappa shape index (κ2) is 13.9. The van der Waals surface area contributed by atoms with Crippen molar-refractivity contribution in [3.63, 3.8) is 0 Å². The molecule has 0 unspecified atom stereocenters. The summed E-state index contributed by atoms with van der Waals surface area (Å²) >= 11 is 0. The third kappa shape index (κ3) is 7.90. The van der Waals surface area contributed by atoms with E-state index in [1.54, 1.807) is 0 Å². The molecule has 0 bridgehead atoms. The molecule has 1 aliphatic carbocycles. The van der Waals surface area contributed by atoms with Crippen LogP contribution in [0.1, 0.15) is 115 Å². The first-order valence-electron chi connectivity index (χ1n) is 17.1. The topological polar surface area (TPSA) is 25.8 Å². The van der Waals surface area contributed by atoms with Crippen molar-refractivity contribution in [3.05, 3.63) is 137 Å². The summed E-state index contributed by atoms with van der Waals surface area (Å²) in [6, 6.07) is 30.5. The molecular weight excluding hydrogens is 773 g/mol. The molecule has 0 saturated heterocycles. The van der Waals surface area contributed by atoms with E-state index in [1.165, 1.54) is 50.1 Å². The van der Waals surface area contributed by atoms with E-state index in [0.29, 0.717) is 0 Å². The molecule has 5 aromatic rings. The second-order valence-corrected chi connectivity index (χ2v) is 16.8. The number of hydrogen-bond acceptors (Lipinski definition) is 2. The van der Waals surface area contributed by atoms with Gasteiger partial charge in [0.25, 0.3) is 0 Å². The van der Waals surface area contributed by atoms with Crippen molar-refractivity contribution in [2.24, 2.45) is 0 Å². The quantitative estimate of drug-likeness (QED) is 0.169. The van der Waals surface area contributed by atoms with Crippen molar-refractivity contribution >= 4 is 6.08 Å². The van der Waals surface area contributed by atoms with Gasteiger partial charge in [-0.25, -0.2) is 0 Å². The van der Waals surface area contributed by atoms with E-state index in [1.807, 2.05) is 24.5 Å². The zero-order valence-corrected chi connectivity index (χ0v) is 33.9. The van der Waals surface area contributed by atoms with Crippen molar-refractivity contribution in [2.75, 3.05) is 0 Å². The van der Waals surface area contributed by atoms with Crippen molar-refractivity contribution in [1.82, 2.24) is 9.97 Å². The Morgan fingerprint density at radius 3 is 1.90 bits per heavy atom. The summed E-state index contributed by atoms with van der Waals surface area (Å²) in [7, 11) is 0. The Balaban J connectivity index is 0.000000229. The molecule has 2 nitrogen and oxygen atoms in total. The number of benzene rings is 3. The van der Waals surface area contributed by atoms with E-state index in [2.05, 4.69) is 167 Å². The van der Waals surface area contributed by atoms with E-state index in [-0.39, 0.29) is 41.8 Å². The fourth-order valence-electron chi connectivity index (χ4n) is 6.61. The minimum atomic E-state index is -0.0526. The van der Waals surface area contributed by atoms with Gasteiger partial charge in [0.15, 0.2) is 0 Å². The third-order valence-electron chi connectivity index (χ3n) is 9.74. The van der Waals surface area contributed by atoms with Gasteiger partial charge in [0.2, 0.25) is 0 Å². The Bertz CT molecular complexity index is 1900. The van der Waals surface area contributed by atoms with E-state index in [0.717, 1.165) is 22.5 Å². The van der Waals surface area contributed by atoms with Gasteiger partial charge in [-0.05, 0) is 73.9 Å². The van der Waals surface area contributed by atoms with E-state index in [9.17, 15) is 0 Å². The first-order valence-corrected chi connectivity index (χ1v) is 17.1. The van der Waals surface area contributed by atoms with E-state index in [4.69, 9.17) is 4.98 Å². The Hall–Kier alpha value is -3.65. The summed E-state index contributed by atoms with van der Waals surface area (Å²) in [4.78, 5) is 9.25. The Kier molecular flexibility index (Phi) is 10.8. The van der Waals surface area contributed by atoms with Gasteiger partial charge >= 0.3 is 0 Å². The molecule has 0 fully saturated rings. The van der Waals surface area contributed by atoms with Crippen LogP contribution in [-0.4, -0.2) is 9.97 Å². The number of pyridine rings is 2. The Labute approximate surface area is 309 Å². The summed E-state index contributed by atoms with van der Waals surface area (Å²) < 4.78 is 0. The monoisotopic (exact) mass is 825 g/mol. The second-order valence-electron chi connectivity index (χ2n) is 16.8. The summed E-state index contributed by atoms with van der Waals surface area (Å²) in [6.45, 7) is 30.8. The molecule has 0 N–H and O–H groups in total. The van der Waals surface area contributed by atoms with Crippen LogP contribution in [-0.2, 0) is 41.8 Å². The maximum Gasteiger partial charge on any atom is 0.0198 e. The van der Waals surface area contributed by atoms with E-state index >= 15 is 0 Å². The fourth-order valence-corrected chi connectivity index (χ4v) is 6.61. The molecule has 0 amide bonds. The average molecular weight is 825 g/mol. The van der Waals surface area contributed by atoms with Crippen LogP contribution in [0.15, 0.2) is 85.7 Å².